The Morgan fingerprint density at radius 1 is 1.08 bits per heavy atom. The first kappa shape index (κ1) is 14.3. The molecule has 0 unspecified atom stereocenters. The monoisotopic (exact) mass is 325 g/mol. The number of aromatic amines is 1. The number of imidazole rings is 1. The number of carbonyl (C=O) groups excluding carboxylic acids is 1. The van der Waals surface area contributed by atoms with Gasteiger partial charge in [-0.25, -0.2) is 4.79 Å². The second-order valence-corrected chi connectivity index (χ2v) is 7.77. The van der Waals surface area contributed by atoms with Gasteiger partial charge in [-0.3, -0.25) is 9.36 Å². The van der Waals surface area contributed by atoms with Gasteiger partial charge in [-0.15, -0.1) is 0 Å². The van der Waals surface area contributed by atoms with Crippen LogP contribution in [0.15, 0.2) is 29.1 Å². The van der Waals surface area contributed by atoms with Crippen molar-refractivity contribution >= 4 is 16.9 Å². The smallest absolute Gasteiger partial charge is 0.326 e. The van der Waals surface area contributed by atoms with Gasteiger partial charge in [0.2, 0.25) is 5.91 Å². The Kier molecular flexibility index (Phi) is 2.97. The molecule has 1 saturated heterocycles. The van der Waals surface area contributed by atoms with E-state index in [0.717, 1.165) is 49.8 Å². The number of piperidine rings is 1. The average molecular weight is 325 g/mol. The fourth-order valence-electron chi connectivity index (χ4n) is 4.65. The standard InChI is InChI=1S/C19H23N3O2/c23-17(19(9-10-19)13-5-6-13)21-11-7-14(8-12-21)22-16-4-2-1-3-15(16)20-18(22)24/h1-4,13-14H,5-12H2,(H,20,24). The van der Waals surface area contributed by atoms with Crippen LogP contribution in [-0.4, -0.2) is 33.4 Å². The highest BCUT2D eigenvalue weighted by molar-refractivity contribution is 5.86. The van der Waals surface area contributed by atoms with E-state index in [-0.39, 0.29) is 17.1 Å². The zero-order valence-corrected chi connectivity index (χ0v) is 13.8. The lowest BCUT2D eigenvalue weighted by Gasteiger charge is -2.35. The molecule has 2 aliphatic carbocycles. The number of hydrogen-bond donors (Lipinski definition) is 1. The van der Waals surface area contributed by atoms with E-state index in [4.69, 9.17) is 0 Å². The number of nitrogens with one attached hydrogen (secondary N) is 1. The highest BCUT2D eigenvalue weighted by atomic mass is 16.2. The molecular weight excluding hydrogens is 302 g/mol. The maximum absolute atomic E-state index is 12.9. The molecule has 0 atom stereocenters. The molecule has 0 spiro atoms. The van der Waals surface area contributed by atoms with Gasteiger partial charge in [0.15, 0.2) is 0 Å². The molecule has 126 valence electrons. The molecule has 0 radical (unpaired) electrons. The Balaban J connectivity index is 1.34. The molecule has 2 heterocycles. The van der Waals surface area contributed by atoms with Crippen LogP contribution in [0.4, 0.5) is 0 Å². The fourth-order valence-corrected chi connectivity index (χ4v) is 4.65. The Morgan fingerprint density at radius 2 is 1.79 bits per heavy atom. The maximum atomic E-state index is 12.9. The minimum atomic E-state index is -0.0300. The van der Waals surface area contributed by atoms with Crippen molar-refractivity contribution in [2.45, 2.75) is 44.6 Å². The lowest BCUT2D eigenvalue weighted by molar-refractivity contribution is -0.139. The van der Waals surface area contributed by atoms with E-state index < -0.39 is 0 Å². The number of amides is 1. The summed E-state index contributed by atoms with van der Waals surface area (Å²) >= 11 is 0. The third-order valence-electron chi connectivity index (χ3n) is 6.31. The van der Waals surface area contributed by atoms with Crippen LogP contribution in [0.2, 0.25) is 0 Å². The molecule has 0 bridgehead atoms. The molecule has 1 N–H and O–H groups in total. The van der Waals surface area contributed by atoms with Gasteiger partial charge in [-0.2, -0.15) is 0 Å². The molecule has 5 heteroatoms. The van der Waals surface area contributed by atoms with Gasteiger partial charge >= 0.3 is 5.69 Å². The van der Waals surface area contributed by atoms with Crippen LogP contribution >= 0.6 is 0 Å². The first-order chi connectivity index (χ1) is 11.7. The number of carbonyl (C=O) groups is 1. The van der Waals surface area contributed by atoms with Crippen LogP contribution in [0.1, 0.15) is 44.6 Å². The van der Waals surface area contributed by atoms with Crippen LogP contribution < -0.4 is 5.69 Å². The minimum absolute atomic E-state index is 0.0183. The molecule has 5 nitrogen and oxygen atoms in total. The summed E-state index contributed by atoms with van der Waals surface area (Å²) in [6.07, 6.45) is 6.42. The van der Waals surface area contributed by atoms with Crippen LogP contribution in [0.25, 0.3) is 11.0 Å². The lowest BCUT2D eigenvalue weighted by atomic mass is 9.96. The van der Waals surface area contributed by atoms with E-state index >= 15 is 0 Å². The molecule has 1 aromatic heterocycles. The molecular formula is C19H23N3O2. The van der Waals surface area contributed by atoms with Gasteiger partial charge in [0, 0.05) is 19.1 Å². The minimum Gasteiger partial charge on any atom is -0.342 e. The fraction of sp³-hybridized carbons (Fsp3) is 0.579. The Hall–Kier alpha value is -2.04. The number of aromatic nitrogens is 2. The number of H-pyrrole nitrogens is 1. The highest BCUT2D eigenvalue weighted by Gasteiger charge is 2.60. The zero-order valence-electron chi connectivity index (χ0n) is 13.8. The summed E-state index contributed by atoms with van der Waals surface area (Å²) in [6, 6.07) is 8.04. The molecule has 1 aliphatic heterocycles. The normalized spacial score (nSPS) is 23.6. The van der Waals surface area contributed by atoms with Crippen LogP contribution in [0, 0.1) is 11.3 Å². The van der Waals surface area contributed by atoms with Crippen molar-refractivity contribution in [2.75, 3.05) is 13.1 Å². The van der Waals surface area contributed by atoms with Crippen molar-refractivity contribution < 1.29 is 4.79 Å². The van der Waals surface area contributed by atoms with Crippen LogP contribution in [-0.2, 0) is 4.79 Å². The maximum Gasteiger partial charge on any atom is 0.326 e. The van der Waals surface area contributed by atoms with Crippen molar-refractivity contribution in [3.05, 3.63) is 34.7 Å². The molecule has 1 aromatic carbocycles. The first-order valence-electron chi connectivity index (χ1n) is 9.18. The second kappa shape index (κ2) is 4.98. The Morgan fingerprint density at radius 3 is 2.46 bits per heavy atom. The van der Waals surface area contributed by atoms with E-state index in [1.165, 1.54) is 12.8 Å². The van der Waals surface area contributed by atoms with Gasteiger partial charge < -0.3 is 9.88 Å². The van der Waals surface area contributed by atoms with Gasteiger partial charge in [0.05, 0.1) is 16.4 Å². The first-order valence-corrected chi connectivity index (χ1v) is 9.18. The van der Waals surface area contributed by atoms with Crippen LogP contribution in [0.3, 0.4) is 0 Å². The number of nitrogens with zero attached hydrogens (tertiary/aromatic N) is 2. The number of fused-ring (bicyclic) bond motifs is 1. The largest absolute Gasteiger partial charge is 0.342 e. The van der Waals surface area contributed by atoms with Gasteiger partial charge in [-0.05, 0) is 56.6 Å². The Bertz CT molecular complexity index is 849. The summed E-state index contributed by atoms with van der Waals surface area (Å²) in [6.45, 7) is 1.56. The van der Waals surface area contributed by atoms with Crippen molar-refractivity contribution in [2.24, 2.45) is 11.3 Å². The van der Waals surface area contributed by atoms with Gasteiger partial charge in [-0.1, -0.05) is 12.1 Å². The molecule has 1 amide bonds. The van der Waals surface area contributed by atoms with E-state index in [2.05, 4.69) is 9.88 Å². The summed E-state index contributed by atoms with van der Waals surface area (Å²) in [5.74, 6) is 1.06. The van der Waals surface area contributed by atoms with E-state index in [1.54, 1.807) is 0 Å². The molecule has 24 heavy (non-hydrogen) atoms. The van der Waals surface area contributed by atoms with E-state index in [0.29, 0.717) is 11.8 Å². The summed E-state index contributed by atoms with van der Waals surface area (Å²) in [4.78, 5) is 30.2. The van der Waals surface area contributed by atoms with Crippen molar-refractivity contribution in [3.8, 4) is 0 Å². The molecule has 3 aliphatic rings. The van der Waals surface area contributed by atoms with Gasteiger partial charge in [0.25, 0.3) is 0 Å². The Labute approximate surface area is 140 Å². The molecule has 3 fully saturated rings. The number of para-hydroxylation sites is 2. The quantitative estimate of drug-likeness (QED) is 0.943. The molecule has 2 aromatic rings. The highest BCUT2D eigenvalue weighted by Crippen LogP contribution is 2.62. The van der Waals surface area contributed by atoms with Crippen molar-refractivity contribution in [3.63, 3.8) is 0 Å². The third kappa shape index (κ3) is 2.06. The van der Waals surface area contributed by atoms with Gasteiger partial charge in [0.1, 0.15) is 0 Å². The predicted molar refractivity (Wildman–Crippen MR) is 91.8 cm³/mol. The zero-order chi connectivity index (χ0) is 16.3. The van der Waals surface area contributed by atoms with Crippen LogP contribution in [0.5, 0.6) is 0 Å². The number of hydrogen-bond acceptors (Lipinski definition) is 2. The summed E-state index contributed by atoms with van der Waals surface area (Å²) in [5, 5.41) is 0. The van der Waals surface area contributed by atoms with E-state index in [1.807, 2.05) is 28.8 Å². The summed E-state index contributed by atoms with van der Waals surface area (Å²) < 4.78 is 1.89. The number of benzene rings is 1. The van der Waals surface area contributed by atoms with E-state index in [9.17, 15) is 9.59 Å². The molecule has 2 saturated carbocycles. The number of likely N-dealkylation sites (tertiary alicyclic amines) is 1. The third-order valence-corrected chi connectivity index (χ3v) is 6.31. The predicted octanol–water partition coefficient (Wildman–Crippen LogP) is 2.68. The van der Waals surface area contributed by atoms with Crippen molar-refractivity contribution in [1.29, 1.82) is 0 Å². The van der Waals surface area contributed by atoms with Crippen molar-refractivity contribution in [1.82, 2.24) is 14.5 Å². The summed E-state index contributed by atoms with van der Waals surface area (Å²) in [5.41, 5.74) is 1.86. The lowest BCUT2D eigenvalue weighted by Crippen LogP contribution is -2.44. The topological polar surface area (TPSA) is 58.1 Å². The summed E-state index contributed by atoms with van der Waals surface area (Å²) in [7, 11) is 0. The number of rotatable bonds is 3. The average Bonchev–Trinajstić information content (AvgIpc) is 3.49. The SMILES string of the molecule is O=C(N1CCC(n2c(=O)[nH]c3ccccc32)CC1)C1(C2CC2)CC1. The molecule has 5 rings (SSSR count). The second-order valence-electron chi connectivity index (χ2n) is 7.77.